The van der Waals surface area contributed by atoms with Crippen molar-refractivity contribution >= 4 is 5.69 Å². The number of aromatic hydroxyl groups is 1. The lowest BCUT2D eigenvalue weighted by molar-refractivity contribution is 0.480. The predicted molar refractivity (Wildman–Crippen MR) is 50.1 cm³/mol. The number of hydrogen-bond acceptors (Lipinski definition) is 3. The molecule has 1 aromatic heterocycles. The van der Waals surface area contributed by atoms with E-state index in [4.69, 9.17) is 5.73 Å². The summed E-state index contributed by atoms with van der Waals surface area (Å²) in [5.41, 5.74) is 7.33. The lowest BCUT2D eigenvalue weighted by atomic mass is 10.1. The first-order valence-electron chi connectivity index (χ1n) is 3.86. The second kappa shape index (κ2) is 2.82. The minimum atomic E-state index is 0.0896. The fourth-order valence-corrected chi connectivity index (χ4v) is 1.18. The molecule has 0 unspecified atom stereocenters. The molecule has 0 bridgehead atoms. The summed E-state index contributed by atoms with van der Waals surface area (Å²) in [6.45, 7) is 0. The van der Waals surface area contributed by atoms with Crippen LogP contribution in [0, 0.1) is 0 Å². The van der Waals surface area contributed by atoms with E-state index in [2.05, 4.69) is 10.2 Å². The standard InChI is InChI=1S/C9H9N3O/c10-7-3-1-2-6(9(7)13)8-4-5-11-12-8/h1-5,13H,10H2,(H,11,12). The zero-order valence-electron chi connectivity index (χ0n) is 6.86. The average molecular weight is 175 g/mol. The number of nitrogens with one attached hydrogen (secondary N) is 1. The molecule has 1 heterocycles. The van der Waals surface area contributed by atoms with Crippen molar-refractivity contribution in [2.75, 3.05) is 5.73 Å². The molecule has 4 heteroatoms. The highest BCUT2D eigenvalue weighted by molar-refractivity contribution is 5.73. The molecule has 0 spiro atoms. The van der Waals surface area contributed by atoms with E-state index in [1.165, 1.54) is 0 Å². The molecule has 4 N–H and O–H groups in total. The fraction of sp³-hybridized carbons (Fsp3) is 0. The summed E-state index contributed by atoms with van der Waals surface area (Å²) in [6.07, 6.45) is 1.62. The molecule has 0 aliphatic carbocycles. The van der Waals surface area contributed by atoms with Gasteiger partial charge in [-0.05, 0) is 18.2 Å². The number of para-hydroxylation sites is 1. The van der Waals surface area contributed by atoms with E-state index in [1.54, 1.807) is 30.5 Å². The van der Waals surface area contributed by atoms with E-state index in [-0.39, 0.29) is 5.75 Å². The maximum atomic E-state index is 9.60. The molecule has 66 valence electrons. The third kappa shape index (κ3) is 1.22. The Morgan fingerprint density at radius 3 is 2.85 bits per heavy atom. The molecule has 0 aliphatic heterocycles. The maximum Gasteiger partial charge on any atom is 0.147 e. The van der Waals surface area contributed by atoms with Crippen molar-refractivity contribution in [2.24, 2.45) is 0 Å². The quantitative estimate of drug-likeness (QED) is 0.452. The highest BCUT2D eigenvalue weighted by atomic mass is 16.3. The summed E-state index contributed by atoms with van der Waals surface area (Å²) >= 11 is 0. The molecular weight excluding hydrogens is 166 g/mol. The lowest BCUT2D eigenvalue weighted by Crippen LogP contribution is -1.87. The Hall–Kier alpha value is -1.97. The van der Waals surface area contributed by atoms with Gasteiger partial charge in [0.05, 0.1) is 11.4 Å². The SMILES string of the molecule is Nc1cccc(-c2ccn[nH]2)c1O. The van der Waals surface area contributed by atoms with Gasteiger partial charge in [-0.3, -0.25) is 5.10 Å². The van der Waals surface area contributed by atoms with E-state index in [9.17, 15) is 5.11 Å². The largest absolute Gasteiger partial charge is 0.505 e. The summed E-state index contributed by atoms with van der Waals surface area (Å²) in [5, 5.41) is 16.1. The Morgan fingerprint density at radius 1 is 1.31 bits per heavy atom. The minimum absolute atomic E-state index is 0.0896. The van der Waals surface area contributed by atoms with E-state index < -0.39 is 0 Å². The van der Waals surface area contributed by atoms with E-state index in [0.29, 0.717) is 11.3 Å². The second-order valence-electron chi connectivity index (χ2n) is 2.71. The topological polar surface area (TPSA) is 74.9 Å². The van der Waals surface area contributed by atoms with Crippen molar-refractivity contribution in [3.63, 3.8) is 0 Å². The number of benzene rings is 1. The van der Waals surface area contributed by atoms with Gasteiger partial charge in [-0.25, -0.2) is 0 Å². The average Bonchev–Trinajstić information content (AvgIpc) is 2.62. The molecular formula is C9H9N3O. The number of H-pyrrole nitrogens is 1. The van der Waals surface area contributed by atoms with Crippen molar-refractivity contribution in [2.45, 2.75) is 0 Å². The molecule has 0 radical (unpaired) electrons. The number of aromatic amines is 1. The molecule has 2 aromatic rings. The number of aromatic nitrogens is 2. The van der Waals surface area contributed by atoms with Crippen molar-refractivity contribution in [1.82, 2.24) is 10.2 Å². The van der Waals surface area contributed by atoms with Gasteiger partial charge >= 0.3 is 0 Å². The number of nitrogens with two attached hydrogens (primary N) is 1. The van der Waals surface area contributed by atoms with Crippen LogP contribution < -0.4 is 5.73 Å². The first-order valence-corrected chi connectivity index (χ1v) is 3.86. The van der Waals surface area contributed by atoms with Crippen LogP contribution in [0.3, 0.4) is 0 Å². The first-order chi connectivity index (χ1) is 6.29. The van der Waals surface area contributed by atoms with Crippen molar-refractivity contribution in [1.29, 1.82) is 0 Å². The van der Waals surface area contributed by atoms with Gasteiger partial charge in [0.2, 0.25) is 0 Å². The van der Waals surface area contributed by atoms with Gasteiger partial charge in [-0.15, -0.1) is 0 Å². The molecule has 13 heavy (non-hydrogen) atoms. The molecule has 0 fully saturated rings. The summed E-state index contributed by atoms with van der Waals surface area (Å²) in [7, 11) is 0. The molecule has 1 aromatic carbocycles. The number of hydrogen-bond donors (Lipinski definition) is 3. The number of nitrogens with zero attached hydrogens (tertiary/aromatic N) is 1. The normalized spacial score (nSPS) is 10.2. The van der Waals surface area contributed by atoms with E-state index in [1.807, 2.05) is 0 Å². The molecule has 0 amide bonds. The molecule has 4 nitrogen and oxygen atoms in total. The fourth-order valence-electron chi connectivity index (χ4n) is 1.18. The highest BCUT2D eigenvalue weighted by Gasteiger charge is 2.06. The van der Waals surface area contributed by atoms with Gasteiger partial charge < -0.3 is 10.8 Å². The Balaban J connectivity index is 2.59. The predicted octanol–water partition coefficient (Wildman–Crippen LogP) is 1.36. The Labute approximate surface area is 75.0 Å². The van der Waals surface area contributed by atoms with Gasteiger partial charge in [-0.1, -0.05) is 6.07 Å². The zero-order chi connectivity index (χ0) is 9.26. The minimum Gasteiger partial charge on any atom is -0.505 e. The summed E-state index contributed by atoms with van der Waals surface area (Å²) in [4.78, 5) is 0. The smallest absolute Gasteiger partial charge is 0.147 e. The summed E-state index contributed by atoms with van der Waals surface area (Å²) in [6, 6.07) is 6.98. The van der Waals surface area contributed by atoms with Crippen molar-refractivity contribution < 1.29 is 5.11 Å². The van der Waals surface area contributed by atoms with Crippen LogP contribution in [0.1, 0.15) is 0 Å². The number of phenolic OH excluding ortho intramolecular Hbond substituents is 1. The second-order valence-corrected chi connectivity index (χ2v) is 2.71. The molecule has 0 saturated carbocycles. The van der Waals surface area contributed by atoms with Gasteiger partial charge in [0.1, 0.15) is 5.75 Å². The maximum absolute atomic E-state index is 9.60. The molecule has 0 aliphatic rings. The highest BCUT2D eigenvalue weighted by Crippen LogP contribution is 2.31. The zero-order valence-corrected chi connectivity index (χ0v) is 6.86. The van der Waals surface area contributed by atoms with Gasteiger partial charge in [0.25, 0.3) is 0 Å². The number of phenols is 1. The molecule has 0 atom stereocenters. The third-order valence-corrected chi connectivity index (χ3v) is 1.86. The Morgan fingerprint density at radius 2 is 2.15 bits per heavy atom. The van der Waals surface area contributed by atoms with E-state index in [0.717, 1.165) is 5.69 Å². The van der Waals surface area contributed by atoms with Gasteiger partial charge in [0.15, 0.2) is 0 Å². The first kappa shape index (κ1) is 7.67. The van der Waals surface area contributed by atoms with Crippen LogP contribution in [-0.2, 0) is 0 Å². The molecule has 2 rings (SSSR count). The van der Waals surface area contributed by atoms with Crippen molar-refractivity contribution in [3.8, 4) is 17.0 Å². The number of rotatable bonds is 1. The number of anilines is 1. The van der Waals surface area contributed by atoms with Crippen LogP contribution in [0.15, 0.2) is 30.5 Å². The van der Waals surface area contributed by atoms with Crippen LogP contribution in [0.25, 0.3) is 11.3 Å². The summed E-state index contributed by atoms with van der Waals surface area (Å²) < 4.78 is 0. The monoisotopic (exact) mass is 175 g/mol. The van der Waals surface area contributed by atoms with Crippen LogP contribution in [0.4, 0.5) is 5.69 Å². The van der Waals surface area contributed by atoms with Crippen LogP contribution >= 0.6 is 0 Å². The van der Waals surface area contributed by atoms with Crippen LogP contribution in [-0.4, -0.2) is 15.3 Å². The Kier molecular flexibility index (Phi) is 1.66. The lowest BCUT2D eigenvalue weighted by Gasteiger charge is -2.03. The van der Waals surface area contributed by atoms with Gasteiger partial charge in [0, 0.05) is 11.8 Å². The summed E-state index contributed by atoms with van der Waals surface area (Å²) in [5.74, 6) is 0.0896. The number of nitrogen functional groups attached to an aromatic ring is 1. The molecule has 0 saturated heterocycles. The Bertz CT molecular complexity index is 409. The van der Waals surface area contributed by atoms with Crippen molar-refractivity contribution in [3.05, 3.63) is 30.5 Å². The van der Waals surface area contributed by atoms with Gasteiger partial charge in [-0.2, -0.15) is 5.10 Å². The van der Waals surface area contributed by atoms with Crippen LogP contribution in [0.5, 0.6) is 5.75 Å². The van der Waals surface area contributed by atoms with Crippen LogP contribution in [0.2, 0.25) is 0 Å². The van der Waals surface area contributed by atoms with E-state index >= 15 is 0 Å². The third-order valence-electron chi connectivity index (χ3n) is 1.86.